The SMILES string of the molecule is C[C@@H]1CN(S(=O)(=O)c2ccc(O)nn2)C[C@@H]1n1nc(CC(=O)O)c2ccc(C(F)(F)F)cc21. The Morgan fingerprint density at radius 1 is 1.18 bits per heavy atom. The van der Waals surface area contributed by atoms with Crippen molar-refractivity contribution >= 4 is 26.9 Å². The predicted octanol–water partition coefficient (Wildman–Crippen LogP) is 2.06. The topological polar surface area (TPSA) is 139 Å². The average Bonchev–Trinajstić information content (AvgIpc) is 3.28. The first-order valence-corrected chi connectivity index (χ1v) is 11.1. The molecule has 1 saturated heterocycles. The Bertz CT molecular complexity index is 1320. The second-order valence-electron chi connectivity index (χ2n) is 7.79. The van der Waals surface area contributed by atoms with Crippen molar-refractivity contribution in [2.24, 2.45) is 5.92 Å². The van der Waals surface area contributed by atoms with Crippen molar-refractivity contribution in [2.75, 3.05) is 13.1 Å². The first-order chi connectivity index (χ1) is 15.4. The highest BCUT2D eigenvalue weighted by Gasteiger charge is 2.40. The molecule has 0 bridgehead atoms. The molecule has 176 valence electrons. The number of nitrogens with zero attached hydrogens (tertiary/aromatic N) is 5. The van der Waals surface area contributed by atoms with E-state index >= 15 is 0 Å². The van der Waals surface area contributed by atoms with Gasteiger partial charge in [0.05, 0.1) is 29.2 Å². The van der Waals surface area contributed by atoms with Crippen molar-refractivity contribution < 1.29 is 36.6 Å². The molecule has 3 aromatic rings. The van der Waals surface area contributed by atoms with Crippen molar-refractivity contribution in [1.82, 2.24) is 24.3 Å². The number of hydrogen-bond donors (Lipinski definition) is 2. The molecule has 2 atom stereocenters. The molecule has 0 spiro atoms. The predicted molar refractivity (Wildman–Crippen MR) is 107 cm³/mol. The Balaban J connectivity index is 1.76. The summed E-state index contributed by atoms with van der Waals surface area (Å²) in [5.74, 6) is -2.01. The Morgan fingerprint density at radius 2 is 1.91 bits per heavy atom. The lowest BCUT2D eigenvalue weighted by Crippen LogP contribution is -2.30. The van der Waals surface area contributed by atoms with Gasteiger partial charge in [-0.15, -0.1) is 10.2 Å². The lowest BCUT2D eigenvalue weighted by atomic mass is 10.1. The van der Waals surface area contributed by atoms with Gasteiger partial charge in [0.25, 0.3) is 10.0 Å². The van der Waals surface area contributed by atoms with Gasteiger partial charge < -0.3 is 10.2 Å². The molecule has 0 aliphatic carbocycles. The number of alkyl halides is 3. The number of carboxylic acid groups (broad SMARTS) is 1. The maximum atomic E-state index is 13.3. The fourth-order valence-corrected chi connectivity index (χ4v) is 5.34. The number of carboxylic acids is 1. The van der Waals surface area contributed by atoms with Gasteiger partial charge in [-0.2, -0.15) is 22.6 Å². The molecule has 0 amide bonds. The number of hydrogen-bond acceptors (Lipinski definition) is 7. The van der Waals surface area contributed by atoms with Crippen LogP contribution in [0.15, 0.2) is 35.4 Å². The highest BCUT2D eigenvalue weighted by atomic mass is 32.2. The summed E-state index contributed by atoms with van der Waals surface area (Å²) in [5, 5.41) is 29.4. The third-order valence-corrected chi connectivity index (χ3v) is 7.24. The fourth-order valence-electron chi connectivity index (χ4n) is 3.91. The number of halogens is 3. The number of rotatable bonds is 5. The first kappa shape index (κ1) is 22.9. The molecule has 4 rings (SSSR count). The Hall–Kier alpha value is -3.26. The van der Waals surface area contributed by atoms with Crippen molar-refractivity contribution in [3.8, 4) is 5.88 Å². The number of sulfonamides is 1. The summed E-state index contributed by atoms with van der Waals surface area (Å²) in [4.78, 5) is 11.3. The molecule has 33 heavy (non-hydrogen) atoms. The Labute approximate surface area is 185 Å². The number of carbonyl (C=O) groups is 1. The van der Waals surface area contributed by atoms with Crippen LogP contribution in [0.5, 0.6) is 5.88 Å². The van der Waals surface area contributed by atoms with E-state index < -0.39 is 46.1 Å². The van der Waals surface area contributed by atoms with Gasteiger partial charge in [-0.05, 0) is 24.1 Å². The number of fused-ring (bicyclic) bond motifs is 1. The Kier molecular flexibility index (Phi) is 5.52. The molecule has 0 saturated carbocycles. The lowest BCUT2D eigenvalue weighted by Gasteiger charge is -2.17. The summed E-state index contributed by atoms with van der Waals surface area (Å²) in [7, 11) is -4.09. The summed E-state index contributed by atoms with van der Waals surface area (Å²) < 4.78 is 68.2. The van der Waals surface area contributed by atoms with Crippen LogP contribution in [0.2, 0.25) is 0 Å². The fraction of sp³-hybridized carbons (Fsp3) is 0.368. The average molecular weight is 485 g/mol. The van der Waals surface area contributed by atoms with Gasteiger partial charge in [0.1, 0.15) is 0 Å². The van der Waals surface area contributed by atoms with Gasteiger partial charge in [-0.1, -0.05) is 13.0 Å². The van der Waals surface area contributed by atoms with Crippen LogP contribution in [0, 0.1) is 5.92 Å². The molecular weight excluding hydrogens is 467 g/mol. The van der Waals surface area contributed by atoms with Gasteiger partial charge in [0.15, 0.2) is 5.03 Å². The van der Waals surface area contributed by atoms with E-state index in [4.69, 9.17) is 0 Å². The lowest BCUT2D eigenvalue weighted by molar-refractivity contribution is -0.138. The summed E-state index contributed by atoms with van der Waals surface area (Å²) in [5.41, 5.74) is -0.766. The molecule has 1 aliphatic heterocycles. The van der Waals surface area contributed by atoms with E-state index in [-0.39, 0.29) is 40.6 Å². The van der Waals surface area contributed by atoms with E-state index in [1.807, 2.05) is 0 Å². The third kappa shape index (κ3) is 4.23. The number of aromatic hydroxyl groups is 1. The van der Waals surface area contributed by atoms with Crippen LogP contribution in [-0.4, -0.2) is 62.0 Å². The molecule has 3 heterocycles. The molecule has 1 fully saturated rings. The number of aliphatic carboxylic acids is 1. The van der Waals surface area contributed by atoms with Crippen LogP contribution in [0.4, 0.5) is 13.2 Å². The second kappa shape index (κ2) is 7.95. The highest BCUT2D eigenvalue weighted by molar-refractivity contribution is 7.89. The van der Waals surface area contributed by atoms with Gasteiger partial charge >= 0.3 is 12.1 Å². The quantitative estimate of drug-likeness (QED) is 0.560. The molecular formula is C19H18F3N5O5S. The molecule has 2 aromatic heterocycles. The summed E-state index contributed by atoms with van der Waals surface area (Å²) in [6, 6.07) is 4.45. The molecule has 0 unspecified atom stereocenters. The highest BCUT2D eigenvalue weighted by Crippen LogP contribution is 2.37. The normalized spacial score (nSPS) is 19.9. The van der Waals surface area contributed by atoms with Crippen molar-refractivity contribution in [1.29, 1.82) is 0 Å². The minimum atomic E-state index is -4.62. The minimum absolute atomic E-state index is 0.0319. The third-order valence-electron chi connectivity index (χ3n) is 5.51. The van der Waals surface area contributed by atoms with E-state index in [1.165, 1.54) is 10.7 Å². The maximum Gasteiger partial charge on any atom is 0.416 e. The number of aromatic nitrogens is 4. The van der Waals surface area contributed by atoms with Gasteiger partial charge in [0.2, 0.25) is 5.88 Å². The zero-order valence-corrected chi connectivity index (χ0v) is 17.9. The molecule has 2 N–H and O–H groups in total. The van der Waals surface area contributed by atoms with Gasteiger partial charge in [0, 0.05) is 24.5 Å². The van der Waals surface area contributed by atoms with Crippen LogP contribution in [0.25, 0.3) is 10.9 Å². The van der Waals surface area contributed by atoms with Crippen molar-refractivity contribution in [2.45, 2.75) is 30.6 Å². The van der Waals surface area contributed by atoms with Crippen LogP contribution in [-0.2, 0) is 27.4 Å². The molecule has 1 aromatic carbocycles. The van der Waals surface area contributed by atoms with Crippen LogP contribution < -0.4 is 0 Å². The van der Waals surface area contributed by atoms with Gasteiger partial charge in [-0.25, -0.2) is 8.42 Å². The van der Waals surface area contributed by atoms with E-state index in [0.717, 1.165) is 28.6 Å². The molecule has 1 aliphatic rings. The second-order valence-corrected chi connectivity index (χ2v) is 9.67. The monoisotopic (exact) mass is 485 g/mol. The van der Waals surface area contributed by atoms with Crippen LogP contribution in [0.1, 0.15) is 24.2 Å². The molecule has 0 radical (unpaired) electrons. The summed E-state index contributed by atoms with van der Waals surface area (Å²) in [6.45, 7) is 1.64. The number of benzene rings is 1. The summed E-state index contributed by atoms with van der Waals surface area (Å²) in [6.07, 6.45) is -5.12. The van der Waals surface area contributed by atoms with E-state index in [9.17, 15) is 36.6 Å². The standard InChI is InChI=1S/C19H18F3N5O5S/c1-10-8-26(33(31,32)17-5-4-16(28)23-24-17)9-15(10)27-14-6-11(19(20,21)22)2-3-12(14)13(25-27)7-18(29)30/h2-6,10,15H,7-9H2,1H3,(H,23,28)(H,29,30)/t10-,15+/m1/s1. The zero-order chi connectivity index (χ0) is 24.1. The van der Waals surface area contributed by atoms with E-state index in [0.29, 0.717) is 0 Å². The van der Waals surface area contributed by atoms with Crippen molar-refractivity contribution in [3.05, 3.63) is 41.6 Å². The largest absolute Gasteiger partial charge is 0.492 e. The smallest absolute Gasteiger partial charge is 0.416 e. The molecule has 10 nitrogen and oxygen atoms in total. The molecule has 14 heteroatoms. The minimum Gasteiger partial charge on any atom is -0.492 e. The van der Waals surface area contributed by atoms with Crippen LogP contribution >= 0.6 is 0 Å². The maximum absolute atomic E-state index is 13.3. The Morgan fingerprint density at radius 3 is 2.52 bits per heavy atom. The van der Waals surface area contributed by atoms with Crippen LogP contribution in [0.3, 0.4) is 0 Å². The van der Waals surface area contributed by atoms with E-state index in [2.05, 4.69) is 15.3 Å². The zero-order valence-electron chi connectivity index (χ0n) is 17.1. The first-order valence-electron chi connectivity index (χ1n) is 9.71. The van der Waals surface area contributed by atoms with Crippen molar-refractivity contribution in [3.63, 3.8) is 0 Å². The van der Waals surface area contributed by atoms with E-state index in [1.54, 1.807) is 6.92 Å². The summed E-state index contributed by atoms with van der Waals surface area (Å²) >= 11 is 0. The van der Waals surface area contributed by atoms with Gasteiger partial charge in [-0.3, -0.25) is 9.48 Å².